The average molecular weight is 1070 g/mol. The first-order valence-electron chi connectivity index (χ1n) is 27.7. The molecule has 0 saturated carbocycles. The van der Waals surface area contributed by atoms with Crippen LogP contribution in [0.5, 0.6) is 11.5 Å². The summed E-state index contributed by atoms with van der Waals surface area (Å²) in [6.45, 7) is 25.4. The number of furan rings is 2. The molecule has 1 aliphatic rings. The van der Waals surface area contributed by atoms with Crippen molar-refractivity contribution < 1.29 is 46.8 Å². The van der Waals surface area contributed by atoms with Gasteiger partial charge in [0, 0.05) is 61.5 Å². The highest BCUT2D eigenvalue weighted by atomic mass is 28.4. The molecule has 2 unspecified atom stereocenters. The van der Waals surface area contributed by atoms with E-state index in [1.54, 1.807) is 14.2 Å². The molecule has 0 bridgehead atoms. The first-order valence-corrected chi connectivity index (χ1v) is 30.6. The molecular weight excluding hydrogens is 969 g/mol. The van der Waals surface area contributed by atoms with Gasteiger partial charge in [0.1, 0.15) is 53.5 Å². The van der Waals surface area contributed by atoms with Gasteiger partial charge < -0.3 is 46.8 Å². The van der Waals surface area contributed by atoms with Crippen molar-refractivity contribution in [1.82, 2.24) is 0 Å². The van der Waals surface area contributed by atoms with Gasteiger partial charge >= 0.3 is 0 Å². The van der Waals surface area contributed by atoms with Gasteiger partial charge in [0.25, 0.3) is 0 Å². The Morgan fingerprint density at radius 2 is 1.12 bits per heavy atom. The van der Waals surface area contributed by atoms with Gasteiger partial charge in [-0.2, -0.15) is 0 Å². The molecule has 10 nitrogen and oxygen atoms in total. The SMILES string of the molecule is C.CCCCCc1ccc(-c2cc3ccc(OC/C=C/CCCO[Si](C)(C)C(C)(C)C)cc3o2)cc1.CCCCCc1ccc(-c2cc3ccc(OCC4OC(C)(C)OC4CCCO)cc3o2)cc1.COC(C)(C)OC. The maximum absolute atomic E-state index is 9.15. The van der Waals surface area contributed by atoms with Gasteiger partial charge in [0.15, 0.2) is 19.9 Å². The first kappa shape index (κ1) is 63.8. The minimum atomic E-state index is -1.63. The van der Waals surface area contributed by atoms with Gasteiger partial charge in [-0.15, -0.1) is 0 Å². The molecule has 1 saturated heterocycles. The Morgan fingerprint density at radius 3 is 1.58 bits per heavy atom. The molecular formula is C65H96O10Si. The van der Waals surface area contributed by atoms with Crippen LogP contribution in [0.4, 0.5) is 0 Å². The van der Waals surface area contributed by atoms with Crippen LogP contribution >= 0.6 is 0 Å². The Kier molecular flexibility index (Phi) is 26.0. The largest absolute Gasteiger partial charge is 0.491 e. The highest BCUT2D eigenvalue weighted by Gasteiger charge is 2.41. The number of allylic oxidation sites excluding steroid dienone is 1. The number of hydrogen-bond acceptors (Lipinski definition) is 10. The van der Waals surface area contributed by atoms with Crippen LogP contribution in [0.3, 0.4) is 0 Å². The van der Waals surface area contributed by atoms with Crippen LogP contribution in [-0.4, -0.2) is 77.9 Å². The zero-order valence-electron chi connectivity index (χ0n) is 48.0. The summed E-state index contributed by atoms with van der Waals surface area (Å²) in [5.41, 5.74) is 6.62. The Bertz CT molecular complexity index is 2580. The number of aliphatic hydroxyl groups is 1. The van der Waals surface area contributed by atoms with E-state index in [9.17, 15) is 0 Å². The maximum Gasteiger partial charge on any atom is 0.191 e. The van der Waals surface area contributed by atoms with Crippen molar-refractivity contribution >= 4 is 30.3 Å². The minimum absolute atomic E-state index is 0. The van der Waals surface area contributed by atoms with E-state index in [2.05, 4.69) is 127 Å². The summed E-state index contributed by atoms with van der Waals surface area (Å²) in [5, 5.41) is 11.6. The van der Waals surface area contributed by atoms with Gasteiger partial charge in [-0.25, -0.2) is 0 Å². The maximum atomic E-state index is 9.15. The molecule has 420 valence electrons. The van der Waals surface area contributed by atoms with Crippen LogP contribution < -0.4 is 9.47 Å². The Balaban J connectivity index is 0.000000289. The molecule has 1 fully saturated rings. The fourth-order valence-electron chi connectivity index (χ4n) is 8.24. The second-order valence-corrected chi connectivity index (χ2v) is 27.0. The summed E-state index contributed by atoms with van der Waals surface area (Å²) >= 11 is 0. The van der Waals surface area contributed by atoms with Gasteiger partial charge in [-0.1, -0.05) is 128 Å². The summed E-state index contributed by atoms with van der Waals surface area (Å²) in [6, 6.07) is 33.6. The average Bonchev–Trinajstić information content (AvgIpc) is 4.10. The molecule has 0 amide bonds. The molecule has 7 rings (SSSR count). The monoisotopic (exact) mass is 1060 g/mol. The van der Waals surface area contributed by atoms with Crippen LogP contribution in [-0.2, 0) is 36.2 Å². The molecule has 1 aliphatic heterocycles. The molecule has 11 heteroatoms. The molecule has 0 radical (unpaired) electrons. The molecule has 1 N–H and O–H groups in total. The predicted octanol–water partition coefficient (Wildman–Crippen LogP) is 17.7. The molecule has 2 atom stereocenters. The van der Waals surface area contributed by atoms with E-state index in [4.69, 9.17) is 46.8 Å². The third-order valence-corrected chi connectivity index (χ3v) is 18.8. The van der Waals surface area contributed by atoms with Crippen molar-refractivity contribution in [3.8, 4) is 34.1 Å². The number of methoxy groups -OCH3 is 2. The third kappa shape index (κ3) is 20.6. The van der Waals surface area contributed by atoms with Gasteiger partial charge in [-0.05, 0) is 145 Å². The smallest absolute Gasteiger partial charge is 0.191 e. The second kappa shape index (κ2) is 31.0. The van der Waals surface area contributed by atoms with Crippen molar-refractivity contribution in [3.05, 3.63) is 120 Å². The number of aryl methyl sites for hydroxylation is 2. The van der Waals surface area contributed by atoms with E-state index >= 15 is 0 Å². The van der Waals surface area contributed by atoms with Crippen LogP contribution in [0, 0.1) is 0 Å². The lowest BCUT2D eigenvalue weighted by Crippen LogP contribution is -2.40. The lowest BCUT2D eigenvalue weighted by atomic mass is 10.0. The van der Waals surface area contributed by atoms with E-state index in [0.29, 0.717) is 19.6 Å². The number of ether oxygens (including phenoxy) is 6. The Morgan fingerprint density at radius 1 is 0.618 bits per heavy atom. The number of rotatable bonds is 26. The zero-order chi connectivity index (χ0) is 54.5. The number of unbranched alkanes of at least 4 members (excludes halogenated alkanes) is 5. The molecule has 76 heavy (non-hydrogen) atoms. The standard InChI is InChI=1S/C31H44O3Si.C28H36O5.C5H12O2.CH4/c1-7-8-11-14-25-15-17-26(18-16-25)29-23-27-19-20-28(24-30(27)34-29)32-21-12-9-10-13-22-33-35(5,6)31(2,3)4;1-4-5-6-8-20-10-12-21(13-11-20)25-17-22-14-15-23(18-26(22)31-25)30-19-27-24(9-7-16-29)32-28(2,3)33-27;1-5(2,6-3)7-4;/h9,12,15-20,23-24H,7-8,10-11,13-14,21-22H2,1-6H3;10-15,17-18,24,27,29H,4-9,16,19H2,1-3H3;1-4H3;1H4/b12-9+;;;. The van der Waals surface area contributed by atoms with E-state index in [-0.39, 0.29) is 31.3 Å². The number of aliphatic hydroxyl groups excluding tert-OH is 1. The summed E-state index contributed by atoms with van der Waals surface area (Å²) in [7, 11) is 1.60. The van der Waals surface area contributed by atoms with E-state index in [1.165, 1.54) is 49.7 Å². The first-order chi connectivity index (χ1) is 35.8. The van der Waals surface area contributed by atoms with Crippen molar-refractivity contribution in [2.75, 3.05) is 40.6 Å². The van der Waals surface area contributed by atoms with Crippen molar-refractivity contribution in [2.24, 2.45) is 0 Å². The summed E-state index contributed by atoms with van der Waals surface area (Å²) < 4.78 is 52.2. The lowest BCUT2D eigenvalue weighted by molar-refractivity contribution is -0.178. The van der Waals surface area contributed by atoms with Crippen molar-refractivity contribution in [3.63, 3.8) is 0 Å². The van der Waals surface area contributed by atoms with Crippen molar-refractivity contribution in [1.29, 1.82) is 0 Å². The number of fused-ring (bicyclic) bond motifs is 2. The van der Waals surface area contributed by atoms with E-state index < -0.39 is 19.9 Å². The van der Waals surface area contributed by atoms with Crippen molar-refractivity contribution in [2.45, 2.75) is 189 Å². The van der Waals surface area contributed by atoms with Crippen LogP contribution in [0.1, 0.15) is 145 Å². The molecule has 4 aromatic carbocycles. The molecule has 2 aromatic heterocycles. The third-order valence-electron chi connectivity index (χ3n) is 14.2. The van der Waals surface area contributed by atoms with Gasteiger partial charge in [-0.3, -0.25) is 0 Å². The second-order valence-electron chi connectivity index (χ2n) is 22.2. The Labute approximate surface area is 458 Å². The highest BCUT2D eigenvalue weighted by molar-refractivity contribution is 6.74. The lowest BCUT2D eigenvalue weighted by Gasteiger charge is -2.36. The minimum Gasteiger partial charge on any atom is -0.491 e. The summed E-state index contributed by atoms with van der Waals surface area (Å²) in [4.78, 5) is 0. The van der Waals surface area contributed by atoms with Crippen LogP contribution in [0.25, 0.3) is 44.6 Å². The fourth-order valence-corrected chi connectivity index (χ4v) is 9.33. The summed E-state index contributed by atoms with van der Waals surface area (Å²) in [5.74, 6) is 2.27. The fraction of sp³-hybridized carbons (Fsp3) is 0.538. The van der Waals surface area contributed by atoms with Gasteiger partial charge in [0.05, 0.1) is 6.10 Å². The molecule has 0 aliphatic carbocycles. The molecule has 3 heterocycles. The summed E-state index contributed by atoms with van der Waals surface area (Å²) in [6.07, 6.45) is 17.3. The molecule has 0 spiro atoms. The zero-order valence-corrected chi connectivity index (χ0v) is 49.0. The normalized spacial score (nSPS) is 15.6. The van der Waals surface area contributed by atoms with Crippen LogP contribution in [0.15, 0.2) is 118 Å². The molecule has 6 aromatic rings. The Hall–Kier alpha value is -4.72. The predicted molar refractivity (Wildman–Crippen MR) is 317 cm³/mol. The quantitative estimate of drug-likeness (QED) is 0.0244. The topological polar surface area (TPSA) is 111 Å². The number of benzene rings is 4. The highest BCUT2D eigenvalue weighted by Crippen LogP contribution is 2.37. The number of hydrogen-bond donors (Lipinski definition) is 1. The van der Waals surface area contributed by atoms with E-state index in [0.717, 1.165) is 94.8 Å². The van der Waals surface area contributed by atoms with Gasteiger partial charge in [0.2, 0.25) is 0 Å². The van der Waals surface area contributed by atoms with E-state index in [1.807, 2.05) is 58.0 Å². The van der Waals surface area contributed by atoms with Crippen LogP contribution in [0.2, 0.25) is 18.1 Å².